The van der Waals surface area contributed by atoms with Crippen molar-refractivity contribution in [3.05, 3.63) is 35.4 Å². The maximum atomic E-state index is 2.73. The van der Waals surface area contributed by atoms with Crippen molar-refractivity contribution in [1.29, 1.82) is 0 Å². The quantitative estimate of drug-likeness (QED) is 0.732. The van der Waals surface area contributed by atoms with Gasteiger partial charge >= 0.3 is 0 Å². The second-order valence-corrected chi connectivity index (χ2v) is 5.25. The third-order valence-corrected chi connectivity index (χ3v) is 4.29. The van der Waals surface area contributed by atoms with Crippen LogP contribution in [0.2, 0.25) is 0 Å². The molecule has 0 unspecified atom stereocenters. The third-order valence-electron chi connectivity index (χ3n) is 4.29. The van der Waals surface area contributed by atoms with Gasteiger partial charge in [-0.25, -0.2) is 0 Å². The normalized spacial score (nSPS) is 28.8. The zero-order valence-corrected chi connectivity index (χ0v) is 10.2. The van der Waals surface area contributed by atoms with Crippen molar-refractivity contribution >= 4 is 0 Å². The molecule has 1 aliphatic carbocycles. The lowest BCUT2D eigenvalue weighted by atomic mass is 9.88. The van der Waals surface area contributed by atoms with Crippen LogP contribution in [0.5, 0.6) is 0 Å². The fourth-order valence-electron chi connectivity index (χ4n) is 3.63. The van der Waals surface area contributed by atoms with Crippen molar-refractivity contribution in [1.82, 2.24) is 4.90 Å². The zero-order chi connectivity index (χ0) is 11.0. The van der Waals surface area contributed by atoms with Crippen molar-refractivity contribution < 1.29 is 0 Å². The monoisotopic (exact) mass is 215 g/mol. The van der Waals surface area contributed by atoms with Gasteiger partial charge in [-0.15, -0.1) is 0 Å². The summed E-state index contributed by atoms with van der Waals surface area (Å²) in [5.74, 6) is 0.830. The second kappa shape index (κ2) is 4.21. The first kappa shape index (κ1) is 10.3. The molecule has 0 saturated carbocycles. The van der Waals surface area contributed by atoms with Gasteiger partial charge < -0.3 is 0 Å². The van der Waals surface area contributed by atoms with Crippen LogP contribution in [0, 0.1) is 0 Å². The first-order chi connectivity index (χ1) is 7.90. The van der Waals surface area contributed by atoms with Crippen LogP contribution in [0.15, 0.2) is 24.3 Å². The summed E-state index contributed by atoms with van der Waals surface area (Å²) >= 11 is 0. The summed E-state index contributed by atoms with van der Waals surface area (Å²) in [5, 5.41) is 0. The summed E-state index contributed by atoms with van der Waals surface area (Å²) < 4.78 is 0. The Morgan fingerprint density at radius 2 is 2.19 bits per heavy atom. The van der Waals surface area contributed by atoms with Gasteiger partial charge in [0.25, 0.3) is 0 Å². The van der Waals surface area contributed by atoms with Crippen LogP contribution in [-0.2, 0) is 6.42 Å². The van der Waals surface area contributed by atoms with Gasteiger partial charge in [-0.3, -0.25) is 4.90 Å². The van der Waals surface area contributed by atoms with Crippen LogP contribution < -0.4 is 0 Å². The van der Waals surface area contributed by atoms with Gasteiger partial charge in [0.05, 0.1) is 0 Å². The number of hydrogen-bond donors (Lipinski definition) is 0. The van der Waals surface area contributed by atoms with Crippen LogP contribution >= 0.6 is 0 Å². The lowest BCUT2D eigenvalue weighted by Crippen LogP contribution is -2.42. The molecule has 1 saturated heterocycles. The minimum Gasteiger partial charge on any atom is -0.299 e. The summed E-state index contributed by atoms with van der Waals surface area (Å²) in [6.45, 7) is 4.91. The minimum atomic E-state index is 0.811. The van der Waals surface area contributed by atoms with Crippen LogP contribution in [-0.4, -0.2) is 24.0 Å². The Labute approximate surface area is 98.5 Å². The molecule has 3 rings (SSSR count). The van der Waals surface area contributed by atoms with E-state index in [0.29, 0.717) is 0 Å². The summed E-state index contributed by atoms with van der Waals surface area (Å²) in [6, 6.07) is 9.90. The average molecular weight is 215 g/mol. The largest absolute Gasteiger partial charge is 0.299 e. The smallest absolute Gasteiger partial charge is 0.0204 e. The Morgan fingerprint density at radius 1 is 1.31 bits per heavy atom. The molecular formula is C15H21N. The SMILES string of the molecule is CCCN1CCC[C@H]2c3ccccc3C[C@@H]21. The van der Waals surface area contributed by atoms with Crippen molar-refractivity contribution in [3.8, 4) is 0 Å². The van der Waals surface area contributed by atoms with Crippen LogP contribution in [0.3, 0.4) is 0 Å². The van der Waals surface area contributed by atoms with Crippen LogP contribution in [0.4, 0.5) is 0 Å². The summed E-state index contributed by atoms with van der Waals surface area (Å²) in [5.41, 5.74) is 3.26. The molecule has 0 N–H and O–H groups in total. The highest BCUT2D eigenvalue weighted by Gasteiger charge is 2.37. The van der Waals surface area contributed by atoms with E-state index in [-0.39, 0.29) is 0 Å². The number of hydrogen-bond acceptors (Lipinski definition) is 1. The van der Waals surface area contributed by atoms with Gasteiger partial charge in [0, 0.05) is 12.0 Å². The van der Waals surface area contributed by atoms with Crippen molar-refractivity contribution in [2.24, 2.45) is 0 Å². The maximum Gasteiger partial charge on any atom is 0.0204 e. The number of benzene rings is 1. The molecule has 1 aromatic carbocycles. The van der Waals surface area contributed by atoms with Gasteiger partial charge in [-0.1, -0.05) is 31.2 Å². The maximum absolute atomic E-state index is 2.73. The predicted molar refractivity (Wildman–Crippen MR) is 67.8 cm³/mol. The highest BCUT2D eigenvalue weighted by Crippen LogP contribution is 2.41. The number of rotatable bonds is 2. The number of piperidine rings is 1. The lowest BCUT2D eigenvalue weighted by molar-refractivity contribution is 0.137. The van der Waals surface area contributed by atoms with E-state index >= 15 is 0 Å². The van der Waals surface area contributed by atoms with E-state index in [0.717, 1.165) is 12.0 Å². The van der Waals surface area contributed by atoms with Crippen molar-refractivity contribution in [3.63, 3.8) is 0 Å². The van der Waals surface area contributed by atoms with E-state index < -0.39 is 0 Å². The Bertz CT molecular complexity index is 369. The molecule has 86 valence electrons. The average Bonchev–Trinajstić information content (AvgIpc) is 2.69. The molecule has 0 amide bonds. The molecule has 2 atom stereocenters. The molecule has 1 heteroatoms. The Hall–Kier alpha value is -0.820. The van der Waals surface area contributed by atoms with E-state index in [4.69, 9.17) is 0 Å². The van der Waals surface area contributed by atoms with E-state index in [9.17, 15) is 0 Å². The molecule has 1 aliphatic heterocycles. The van der Waals surface area contributed by atoms with Crippen molar-refractivity contribution in [2.45, 2.75) is 44.6 Å². The van der Waals surface area contributed by atoms with Crippen LogP contribution in [0.25, 0.3) is 0 Å². The molecule has 16 heavy (non-hydrogen) atoms. The molecule has 1 heterocycles. The topological polar surface area (TPSA) is 3.24 Å². The van der Waals surface area contributed by atoms with Gasteiger partial charge in [0.1, 0.15) is 0 Å². The summed E-state index contributed by atoms with van der Waals surface area (Å²) in [6.07, 6.45) is 5.37. The second-order valence-electron chi connectivity index (χ2n) is 5.25. The Kier molecular flexibility index (Phi) is 2.72. The summed E-state index contributed by atoms with van der Waals surface area (Å²) in [4.78, 5) is 2.73. The van der Waals surface area contributed by atoms with Gasteiger partial charge in [0.15, 0.2) is 0 Å². The molecule has 1 nitrogen and oxygen atoms in total. The standard InChI is InChI=1S/C15H21N/c1-2-9-16-10-5-8-14-13-7-4-3-6-12(13)11-15(14)16/h3-4,6-7,14-15H,2,5,8-11H2,1H3/t14-,15-/m0/s1. The molecule has 2 aliphatic rings. The predicted octanol–water partition coefficient (Wildman–Crippen LogP) is 3.20. The van der Waals surface area contributed by atoms with Crippen molar-refractivity contribution in [2.75, 3.05) is 13.1 Å². The lowest BCUT2D eigenvalue weighted by Gasteiger charge is -2.37. The molecule has 0 aromatic heterocycles. The highest BCUT2D eigenvalue weighted by atomic mass is 15.2. The molecular weight excluding hydrogens is 194 g/mol. The summed E-state index contributed by atoms with van der Waals surface area (Å²) in [7, 11) is 0. The molecule has 0 bridgehead atoms. The fraction of sp³-hybridized carbons (Fsp3) is 0.600. The Morgan fingerprint density at radius 3 is 3.06 bits per heavy atom. The third kappa shape index (κ3) is 1.58. The van der Waals surface area contributed by atoms with Gasteiger partial charge in [-0.2, -0.15) is 0 Å². The minimum absolute atomic E-state index is 0.811. The van der Waals surface area contributed by atoms with E-state index in [1.54, 1.807) is 11.1 Å². The molecule has 0 radical (unpaired) electrons. The molecule has 1 fully saturated rings. The number of fused-ring (bicyclic) bond motifs is 3. The van der Waals surface area contributed by atoms with E-state index in [1.807, 2.05) is 0 Å². The fourth-order valence-corrected chi connectivity index (χ4v) is 3.63. The van der Waals surface area contributed by atoms with Gasteiger partial charge in [0.2, 0.25) is 0 Å². The number of nitrogens with zero attached hydrogens (tertiary/aromatic N) is 1. The van der Waals surface area contributed by atoms with E-state index in [1.165, 1.54) is 38.8 Å². The molecule has 1 aromatic rings. The first-order valence-corrected chi connectivity index (χ1v) is 6.72. The zero-order valence-electron chi connectivity index (χ0n) is 10.2. The highest BCUT2D eigenvalue weighted by molar-refractivity contribution is 5.38. The van der Waals surface area contributed by atoms with Gasteiger partial charge in [-0.05, 0) is 49.9 Å². The van der Waals surface area contributed by atoms with E-state index in [2.05, 4.69) is 36.1 Å². The molecule has 0 spiro atoms. The first-order valence-electron chi connectivity index (χ1n) is 6.72. The number of likely N-dealkylation sites (tertiary alicyclic amines) is 1. The Balaban J connectivity index is 1.88. The van der Waals surface area contributed by atoms with Crippen LogP contribution in [0.1, 0.15) is 43.2 Å².